The van der Waals surface area contributed by atoms with Crippen molar-refractivity contribution < 1.29 is 9.84 Å². The Labute approximate surface area is 122 Å². The molecule has 0 radical (unpaired) electrons. The molecule has 1 aromatic rings. The molecule has 2 unspecified atom stereocenters. The molecule has 0 saturated heterocycles. The van der Waals surface area contributed by atoms with Gasteiger partial charge in [0.15, 0.2) is 0 Å². The van der Waals surface area contributed by atoms with E-state index in [1.54, 1.807) is 0 Å². The maximum absolute atomic E-state index is 9.35. The number of fused-ring (bicyclic) bond motifs is 1. The van der Waals surface area contributed by atoms with E-state index in [1.807, 2.05) is 0 Å². The number of hydrogen-bond acceptors (Lipinski definition) is 3. The average molecular weight is 277 g/mol. The van der Waals surface area contributed by atoms with E-state index in [4.69, 9.17) is 4.74 Å². The van der Waals surface area contributed by atoms with Crippen LogP contribution in [0, 0.1) is 0 Å². The van der Waals surface area contributed by atoms with Crippen LogP contribution in [-0.2, 0) is 11.2 Å². The van der Waals surface area contributed by atoms with Gasteiger partial charge in [-0.05, 0) is 36.8 Å². The second-order valence-electron chi connectivity index (χ2n) is 5.94. The van der Waals surface area contributed by atoms with Crippen LogP contribution in [0.1, 0.15) is 50.3 Å². The van der Waals surface area contributed by atoms with Gasteiger partial charge in [0.25, 0.3) is 0 Å². The summed E-state index contributed by atoms with van der Waals surface area (Å²) in [5.41, 5.74) is 2.79. The highest BCUT2D eigenvalue weighted by Gasteiger charge is 2.20. The summed E-state index contributed by atoms with van der Waals surface area (Å²) in [7, 11) is 0. The normalized spacial score (nSPS) is 19.9. The van der Waals surface area contributed by atoms with Crippen molar-refractivity contribution in [3.05, 3.63) is 35.4 Å². The molecule has 0 bridgehead atoms. The molecule has 2 N–H and O–H groups in total. The molecule has 0 spiro atoms. The van der Waals surface area contributed by atoms with Crippen molar-refractivity contribution in [3.8, 4) is 0 Å². The van der Waals surface area contributed by atoms with E-state index in [1.165, 1.54) is 24.0 Å². The molecule has 0 saturated carbocycles. The number of aliphatic hydroxyl groups excluding tert-OH is 1. The highest BCUT2D eigenvalue weighted by Crippen LogP contribution is 2.32. The van der Waals surface area contributed by atoms with E-state index < -0.39 is 0 Å². The molecular weight excluding hydrogens is 250 g/mol. The zero-order valence-corrected chi connectivity index (χ0v) is 12.6. The Hall–Kier alpha value is -0.900. The highest BCUT2D eigenvalue weighted by atomic mass is 16.5. The molecule has 0 fully saturated rings. The molecular formula is C17H27NO2. The van der Waals surface area contributed by atoms with Crippen LogP contribution in [0.25, 0.3) is 0 Å². The van der Waals surface area contributed by atoms with Crippen LogP contribution >= 0.6 is 0 Å². The van der Waals surface area contributed by atoms with Gasteiger partial charge < -0.3 is 15.2 Å². The molecule has 1 aliphatic rings. The maximum atomic E-state index is 9.35. The van der Waals surface area contributed by atoms with Crippen LogP contribution in [0.3, 0.4) is 0 Å². The van der Waals surface area contributed by atoms with Crippen molar-refractivity contribution in [1.82, 2.24) is 5.32 Å². The first-order valence-electron chi connectivity index (χ1n) is 7.77. The molecule has 20 heavy (non-hydrogen) atoms. The Morgan fingerprint density at radius 2 is 2.15 bits per heavy atom. The quantitative estimate of drug-likeness (QED) is 0.805. The van der Waals surface area contributed by atoms with Gasteiger partial charge in [-0.1, -0.05) is 38.1 Å². The Kier molecular flexibility index (Phi) is 6.02. The molecule has 3 heteroatoms. The zero-order valence-electron chi connectivity index (χ0n) is 12.6. The summed E-state index contributed by atoms with van der Waals surface area (Å²) >= 11 is 0. The Bertz CT molecular complexity index is 406. The van der Waals surface area contributed by atoms with Gasteiger partial charge in [0.1, 0.15) is 0 Å². The van der Waals surface area contributed by atoms with E-state index in [0.29, 0.717) is 12.6 Å². The minimum atomic E-state index is 0.133. The second kappa shape index (κ2) is 7.77. The molecule has 1 aromatic carbocycles. The predicted molar refractivity (Wildman–Crippen MR) is 81.8 cm³/mol. The van der Waals surface area contributed by atoms with Gasteiger partial charge in [-0.25, -0.2) is 0 Å². The van der Waals surface area contributed by atoms with E-state index in [0.717, 1.165) is 12.8 Å². The van der Waals surface area contributed by atoms with Gasteiger partial charge in [0.2, 0.25) is 0 Å². The standard InChI is InChI=1S/C17H27NO2/c1-13(2)18-15(12-19)10-11-20-17-9-5-7-14-6-3-4-8-16(14)17/h3-4,6,8,13,15,17-19H,5,7,9-12H2,1-2H3. The van der Waals surface area contributed by atoms with Crippen LogP contribution in [0.15, 0.2) is 24.3 Å². The molecule has 0 aromatic heterocycles. The molecule has 2 rings (SSSR count). The van der Waals surface area contributed by atoms with Crippen LogP contribution < -0.4 is 5.32 Å². The van der Waals surface area contributed by atoms with Gasteiger partial charge in [-0.3, -0.25) is 0 Å². The fourth-order valence-corrected chi connectivity index (χ4v) is 2.93. The number of benzene rings is 1. The first kappa shape index (κ1) is 15.5. The minimum Gasteiger partial charge on any atom is -0.395 e. The summed E-state index contributed by atoms with van der Waals surface area (Å²) in [6, 6.07) is 9.13. The zero-order chi connectivity index (χ0) is 14.4. The van der Waals surface area contributed by atoms with Gasteiger partial charge in [-0.2, -0.15) is 0 Å². The number of ether oxygens (including phenoxy) is 1. The van der Waals surface area contributed by atoms with Crippen molar-refractivity contribution >= 4 is 0 Å². The summed E-state index contributed by atoms with van der Waals surface area (Å²) in [5.74, 6) is 0. The minimum absolute atomic E-state index is 0.133. The summed E-state index contributed by atoms with van der Waals surface area (Å²) in [6.07, 6.45) is 4.57. The summed E-state index contributed by atoms with van der Waals surface area (Å²) in [5, 5.41) is 12.7. The van der Waals surface area contributed by atoms with Gasteiger partial charge in [0.05, 0.1) is 12.7 Å². The van der Waals surface area contributed by atoms with Crippen LogP contribution in [0.4, 0.5) is 0 Å². The lowest BCUT2D eigenvalue weighted by molar-refractivity contribution is 0.0313. The molecule has 112 valence electrons. The lowest BCUT2D eigenvalue weighted by Gasteiger charge is -2.26. The number of rotatable bonds is 7. The molecule has 0 amide bonds. The molecule has 1 aliphatic carbocycles. The van der Waals surface area contributed by atoms with Gasteiger partial charge in [0, 0.05) is 18.7 Å². The Balaban J connectivity index is 1.83. The summed E-state index contributed by atoms with van der Waals surface area (Å²) in [6.45, 7) is 5.06. The first-order chi connectivity index (χ1) is 9.70. The topological polar surface area (TPSA) is 41.5 Å². The Morgan fingerprint density at radius 1 is 1.35 bits per heavy atom. The third kappa shape index (κ3) is 4.30. The van der Waals surface area contributed by atoms with E-state index in [-0.39, 0.29) is 18.8 Å². The highest BCUT2D eigenvalue weighted by molar-refractivity contribution is 5.31. The van der Waals surface area contributed by atoms with Crippen LogP contribution in [0.5, 0.6) is 0 Å². The van der Waals surface area contributed by atoms with Crippen LogP contribution in [0.2, 0.25) is 0 Å². The number of aliphatic hydroxyl groups is 1. The predicted octanol–water partition coefficient (Wildman–Crippen LogP) is 2.83. The van der Waals surface area contributed by atoms with Crippen molar-refractivity contribution in [2.24, 2.45) is 0 Å². The number of nitrogens with one attached hydrogen (secondary N) is 1. The third-order valence-electron chi connectivity index (χ3n) is 3.89. The fourth-order valence-electron chi connectivity index (χ4n) is 2.93. The smallest absolute Gasteiger partial charge is 0.0827 e. The van der Waals surface area contributed by atoms with Crippen molar-refractivity contribution in [2.75, 3.05) is 13.2 Å². The van der Waals surface area contributed by atoms with E-state index >= 15 is 0 Å². The van der Waals surface area contributed by atoms with Gasteiger partial charge in [-0.15, -0.1) is 0 Å². The fraction of sp³-hybridized carbons (Fsp3) is 0.647. The largest absolute Gasteiger partial charge is 0.395 e. The van der Waals surface area contributed by atoms with Crippen molar-refractivity contribution in [3.63, 3.8) is 0 Å². The van der Waals surface area contributed by atoms with E-state index in [2.05, 4.69) is 43.4 Å². The van der Waals surface area contributed by atoms with Crippen molar-refractivity contribution in [1.29, 1.82) is 0 Å². The molecule has 0 aliphatic heterocycles. The number of aryl methyl sites for hydroxylation is 1. The second-order valence-corrected chi connectivity index (χ2v) is 5.94. The molecule has 0 heterocycles. The average Bonchev–Trinajstić information content (AvgIpc) is 2.46. The van der Waals surface area contributed by atoms with Gasteiger partial charge >= 0.3 is 0 Å². The SMILES string of the molecule is CC(C)NC(CO)CCOC1CCCc2ccccc21. The monoisotopic (exact) mass is 277 g/mol. The Morgan fingerprint density at radius 3 is 2.90 bits per heavy atom. The van der Waals surface area contributed by atoms with Crippen molar-refractivity contribution in [2.45, 2.75) is 57.7 Å². The lowest BCUT2D eigenvalue weighted by Crippen LogP contribution is -2.38. The maximum Gasteiger partial charge on any atom is 0.0827 e. The summed E-state index contributed by atoms with van der Waals surface area (Å²) in [4.78, 5) is 0. The third-order valence-corrected chi connectivity index (χ3v) is 3.89. The van der Waals surface area contributed by atoms with Crippen LogP contribution in [-0.4, -0.2) is 30.4 Å². The van der Waals surface area contributed by atoms with E-state index in [9.17, 15) is 5.11 Å². The first-order valence-corrected chi connectivity index (χ1v) is 7.77. The number of hydrogen-bond donors (Lipinski definition) is 2. The molecule has 3 nitrogen and oxygen atoms in total. The lowest BCUT2D eigenvalue weighted by atomic mass is 9.89. The summed E-state index contributed by atoms with van der Waals surface area (Å²) < 4.78 is 6.07. The molecule has 2 atom stereocenters.